The Kier molecular flexibility index (Phi) is 4.10. The van der Waals surface area contributed by atoms with Gasteiger partial charge in [-0.2, -0.15) is 0 Å². The minimum atomic E-state index is 0.397. The SMILES string of the molecule is CCCCC=C(O)c1ccccc1. The Balaban J connectivity index is 2.57. The number of hydrogen-bond acceptors (Lipinski definition) is 1. The zero-order chi connectivity index (χ0) is 9.52. The molecule has 0 saturated carbocycles. The summed E-state index contributed by atoms with van der Waals surface area (Å²) in [6.45, 7) is 2.15. The van der Waals surface area contributed by atoms with Gasteiger partial charge in [-0.25, -0.2) is 0 Å². The number of unbranched alkanes of at least 4 members (excludes halogenated alkanes) is 2. The Hall–Kier alpha value is -1.24. The van der Waals surface area contributed by atoms with E-state index in [1.54, 1.807) is 0 Å². The van der Waals surface area contributed by atoms with Crippen molar-refractivity contribution in [2.75, 3.05) is 0 Å². The molecule has 1 aromatic carbocycles. The molecular weight excluding hydrogens is 160 g/mol. The van der Waals surface area contributed by atoms with Crippen LogP contribution in [-0.4, -0.2) is 5.11 Å². The van der Waals surface area contributed by atoms with Gasteiger partial charge >= 0.3 is 0 Å². The molecule has 0 aliphatic rings. The monoisotopic (exact) mass is 176 g/mol. The summed E-state index contributed by atoms with van der Waals surface area (Å²) in [5, 5.41) is 9.61. The Morgan fingerprint density at radius 3 is 2.62 bits per heavy atom. The lowest BCUT2D eigenvalue weighted by molar-refractivity contribution is 0.508. The van der Waals surface area contributed by atoms with Crippen molar-refractivity contribution in [1.29, 1.82) is 0 Å². The third-order valence-electron chi connectivity index (χ3n) is 1.96. The molecule has 70 valence electrons. The van der Waals surface area contributed by atoms with Crippen LogP contribution in [0.1, 0.15) is 31.7 Å². The van der Waals surface area contributed by atoms with E-state index in [2.05, 4.69) is 6.92 Å². The first kappa shape index (κ1) is 9.85. The fourth-order valence-electron chi connectivity index (χ4n) is 1.17. The minimum absolute atomic E-state index is 0.397. The van der Waals surface area contributed by atoms with Crippen molar-refractivity contribution >= 4 is 5.76 Å². The van der Waals surface area contributed by atoms with Crippen molar-refractivity contribution < 1.29 is 5.11 Å². The van der Waals surface area contributed by atoms with Crippen LogP contribution < -0.4 is 0 Å². The van der Waals surface area contributed by atoms with Gasteiger partial charge in [0.25, 0.3) is 0 Å². The van der Waals surface area contributed by atoms with Crippen LogP contribution in [0.3, 0.4) is 0 Å². The van der Waals surface area contributed by atoms with Gasteiger partial charge in [-0.1, -0.05) is 43.7 Å². The summed E-state index contributed by atoms with van der Waals surface area (Å²) in [5.41, 5.74) is 0.901. The van der Waals surface area contributed by atoms with Gasteiger partial charge in [0.15, 0.2) is 0 Å². The molecule has 0 aromatic heterocycles. The van der Waals surface area contributed by atoms with Crippen LogP contribution in [0.5, 0.6) is 0 Å². The van der Waals surface area contributed by atoms with Gasteiger partial charge in [0.2, 0.25) is 0 Å². The molecule has 0 saturated heterocycles. The van der Waals surface area contributed by atoms with Crippen LogP contribution in [0.15, 0.2) is 36.4 Å². The Morgan fingerprint density at radius 1 is 1.31 bits per heavy atom. The molecule has 0 amide bonds. The third kappa shape index (κ3) is 3.32. The lowest BCUT2D eigenvalue weighted by Gasteiger charge is -1.98. The van der Waals surface area contributed by atoms with Gasteiger partial charge in [-0.05, 0) is 18.9 Å². The normalized spacial score (nSPS) is 11.6. The molecule has 0 radical (unpaired) electrons. The lowest BCUT2D eigenvalue weighted by atomic mass is 10.1. The first-order valence-electron chi connectivity index (χ1n) is 4.79. The van der Waals surface area contributed by atoms with Crippen molar-refractivity contribution in [2.24, 2.45) is 0 Å². The van der Waals surface area contributed by atoms with Crippen molar-refractivity contribution in [3.63, 3.8) is 0 Å². The maximum atomic E-state index is 9.61. The second-order valence-electron chi connectivity index (χ2n) is 3.10. The maximum Gasteiger partial charge on any atom is 0.118 e. The average molecular weight is 176 g/mol. The highest BCUT2D eigenvalue weighted by Gasteiger charge is 1.94. The van der Waals surface area contributed by atoms with Crippen LogP contribution in [0.4, 0.5) is 0 Å². The molecule has 1 N–H and O–H groups in total. The quantitative estimate of drug-likeness (QED) is 0.547. The zero-order valence-electron chi connectivity index (χ0n) is 8.03. The number of hydrogen-bond donors (Lipinski definition) is 1. The number of aliphatic hydroxyl groups is 1. The number of allylic oxidation sites excluding steroid dienone is 1. The molecule has 1 nitrogen and oxygen atoms in total. The smallest absolute Gasteiger partial charge is 0.118 e. The van der Waals surface area contributed by atoms with Gasteiger partial charge in [-0.15, -0.1) is 0 Å². The minimum Gasteiger partial charge on any atom is -0.508 e. The predicted molar refractivity (Wildman–Crippen MR) is 56.6 cm³/mol. The van der Waals surface area contributed by atoms with Crippen LogP contribution in [0.2, 0.25) is 0 Å². The van der Waals surface area contributed by atoms with Gasteiger partial charge < -0.3 is 5.11 Å². The second-order valence-corrected chi connectivity index (χ2v) is 3.10. The third-order valence-corrected chi connectivity index (χ3v) is 1.96. The van der Waals surface area contributed by atoms with Gasteiger partial charge in [-0.3, -0.25) is 0 Å². The van der Waals surface area contributed by atoms with Gasteiger partial charge in [0.1, 0.15) is 5.76 Å². The highest BCUT2D eigenvalue weighted by atomic mass is 16.3. The Morgan fingerprint density at radius 2 is 2.00 bits per heavy atom. The Bertz CT molecular complexity index is 262. The maximum absolute atomic E-state index is 9.61. The summed E-state index contributed by atoms with van der Waals surface area (Å²) in [6, 6.07) is 9.64. The topological polar surface area (TPSA) is 20.2 Å². The standard InChI is InChI=1S/C12H16O/c1-2-3-5-10-12(13)11-8-6-4-7-9-11/h4,6-10,13H,2-3,5H2,1H3. The van der Waals surface area contributed by atoms with E-state index in [1.165, 1.54) is 6.42 Å². The molecule has 0 fully saturated rings. The summed E-state index contributed by atoms with van der Waals surface area (Å²) in [6.07, 6.45) is 5.14. The molecule has 1 heteroatoms. The summed E-state index contributed by atoms with van der Waals surface area (Å²) in [4.78, 5) is 0. The molecule has 1 aromatic rings. The van der Waals surface area contributed by atoms with Crippen molar-refractivity contribution in [2.45, 2.75) is 26.2 Å². The fourth-order valence-corrected chi connectivity index (χ4v) is 1.17. The lowest BCUT2D eigenvalue weighted by Crippen LogP contribution is -1.81. The summed E-state index contributed by atoms with van der Waals surface area (Å²) < 4.78 is 0. The van der Waals surface area contributed by atoms with E-state index < -0.39 is 0 Å². The first-order valence-corrected chi connectivity index (χ1v) is 4.79. The number of rotatable bonds is 4. The van der Waals surface area contributed by atoms with Gasteiger partial charge in [0.05, 0.1) is 0 Å². The van der Waals surface area contributed by atoms with E-state index in [9.17, 15) is 5.11 Å². The largest absolute Gasteiger partial charge is 0.508 e. The molecule has 0 unspecified atom stereocenters. The molecule has 0 bridgehead atoms. The van der Waals surface area contributed by atoms with Crippen molar-refractivity contribution in [3.8, 4) is 0 Å². The van der Waals surface area contributed by atoms with Crippen LogP contribution >= 0.6 is 0 Å². The first-order chi connectivity index (χ1) is 6.34. The fraction of sp³-hybridized carbons (Fsp3) is 0.333. The summed E-state index contributed by atoms with van der Waals surface area (Å²) in [5.74, 6) is 0.397. The van der Waals surface area contributed by atoms with E-state index in [0.717, 1.165) is 18.4 Å². The molecule has 0 spiro atoms. The zero-order valence-corrected chi connectivity index (χ0v) is 8.03. The highest BCUT2D eigenvalue weighted by molar-refractivity contribution is 5.57. The van der Waals surface area contributed by atoms with Crippen molar-refractivity contribution in [1.82, 2.24) is 0 Å². The average Bonchev–Trinajstić information content (AvgIpc) is 2.19. The van der Waals surface area contributed by atoms with Crippen molar-refractivity contribution in [3.05, 3.63) is 42.0 Å². The number of benzene rings is 1. The Labute approximate surface area is 79.7 Å². The predicted octanol–water partition coefficient (Wildman–Crippen LogP) is 3.78. The van der Waals surface area contributed by atoms with E-state index in [1.807, 2.05) is 36.4 Å². The summed E-state index contributed by atoms with van der Waals surface area (Å²) in [7, 11) is 0. The highest BCUT2D eigenvalue weighted by Crippen LogP contribution is 2.11. The van der Waals surface area contributed by atoms with E-state index >= 15 is 0 Å². The molecule has 0 aliphatic carbocycles. The summed E-state index contributed by atoms with van der Waals surface area (Å²) >= 11 is 0. The van der Waals surface area contributed by atoms with E-state index in [0.29, 0.717) is 5.76 Å². The van der Waals surface area contributed by atoms with Gasteiger partial charge in [0, 0.05) is 5.56 Å². The molecule has 0 aliphatic heterocycles. The molecular formula is C12H16O. The number of aliphatic hydroxyl groups excluding tert-OH is 1. The van der Waals surface area contributed by atoms with Crippen LogP contribution in [0.25, 0.3) is 5.76 Å². The van der Waals surface area contributed by atoms with E-state index in [-0.39, 0.29) is 0 Å². The second kappa shape index (κ2) is 5.41. The van der Waals surface area contributed by atoms with E-state index in [4.69, 9.17) is 0 Å². The molecule has 13 heavy (non-hydrogen) atoms. The molecule has 0 atom stereocenters. The molecule has 0 heterocycles. The van der Waals surface area contributed by atoms with Crippen LogP contribution in [-0.2, 0) is 0 Å². The van der Waals surface area contributed by atoms with Crippen LogP contribution in [0, 0.1) is 0 Å². The molecule has 1 rings (SSSR count).